The first-order chi connectivity index (χ1) is 11.5. The van der Waals surface area contributed by atoms with Crippen molar-refractivity contribution in [3.05, 3.63) is 45.9 Å². The number of nitriles is 1. The van der Waals surface area contributed by atoms with Crippen LogP contribution in [-0.4, -0.2) is 5.78 Å². The summed E-state index contributed by atoms with van der Waals surface area (Å²) in [5.74, 6) is 0.581. The lowest BCUT2D eigenvalue weighted by atomic mass is 9.69. The van der Waals surface area contributed by atoms with Crippen molar-refractivity contribution in [1.29, 1.82) is 5.26 Å². The molecule has 124 valence electrons. The van der Waals surface area contributed by atoms with Gasteiger partial charge in [-0.3, -0.25) is 4.79 Å². The highest BCUT2D eigenvalue weighted by molar-refractivity contribution is 7.10. The quantitative estimate of drug-likeness (QED) is 0.717. The average molecular weight is 341 g/mol. The summed E-state index contributed by atoms with van der Waals surface area (Å²) in [5, 5.41) is 11.0. The average Bonchev–Trinajstić information content (AvgIpc) is 3.00. The summed E-state index contributed by atoms with van der Waals surface area (Å²) in [6, 6.07) is 8.58. The molecule has 1 aliphatic carbocycles. The lowest BCUT2D eigenvalue weighted by molar-refractivity contribution is -0.124. The summed E-state index contributed by atoms with van der Waals surface area (Å²) in [4.78, 5) is 13.3. The van der Waals surface area contributed by atoms with Crippen LogP contribution in [0.2, 0.25) is 0 Å². The van der Waals surface area contributed by atoms with E-state index < -0.39 is 5.82 Å². The Morgan fingerprint density at radius 1 is 1.33 bits per heavy atom. The number of ketones is 1. The van der Waals surface area contributed by atoms with E-state index in [2.05, 4.69) is 13.0 Å². The Morgan fingerprint density at radius 2 is 2.08 bits per heavy atom. The molecule has 1 heterocycles. The highest BCUT2D eigenvalue weighted by Crippen LogP contribution is 2.43. The van der Waals surface area contributed by atoms with Crippen LogP contribution in [0, 0.1) is 29.0 Å². The van der Waals surface area contributed by atoms with Crippen molar-refractivity contribution in [3.63, 3.8) is 0 Å². The molecule has 0 aliphatic heterocycles. The molecule has 0 N–H and O–H groups in total. The standard InChI is InChI=1S/C20H20FNOS/c1-12(20(13(2)23)14-4-3-5-14)19-9-17(11-24-19)15-6-7-18(21)16(8-15)10-22/h6-9,11-12,14,20H,3-5H2,1-2H3. The van der Waals surface area contributed by atoms with Crippen LogP contribution in [0.4, 0.5) is 4.39 Å². The molecule has 1 fully saturated rings. The van der Waals surface area contributed by atoms with Gasteiger partial charge in [-0.05, 0) is 60.4 Å². The van der Waals surface area contributed by atoms with Gasteiger partial charge in [0.05, 0.1) is 5.56 Å². The fraction of sp³-hybridized carbons (Fsp3) is 0.400. The topological polar surface area (TPSA) is 40.9 Å². The van der Waals surface area contributed by atoms with E-state index in [-0.39, 0.29) is 23.2 Å². The number of Topliss-reactive ketones (excluding diaryl/α,β-unsaturated/α-hetero) is 1. The molecule has 2 aromatic rings. The number of hydrogen-bond acceptors (Lipinski definition) is 3. The van der Waals surface area contributed by atoms with Crippen LogP contribution in [-0.2, 0) is 4.79 Å². The molecule has 2 atom stereocenters. The molecule has 1 aromatic carbocycles. The van der Waals surface area contributed by atoms with E-state index in [1.54, 1.807) is 30.4 Å². The molecule has 1 saturated carbocycles. The zero-order chi connectivity index (χ0) is 17.3. The van der Waals surface area contributed by atoms with Gasteiger partial charge in [-0.1, -0.05) is 19.4 Å². The van der Waals surface area contributed by atoms with E-state index in [0.29, 0.717) is 5.92 Å². The van der Waals surface area contributed by atoms with Gasteiger partial charge < -0.3 is 0 Å². The number of thiophene rings is 1. The van der Waals surface area contributed by atoms with Crippen molar-refractivity contribution in [1.82, 2.24) is 0 Å². The highest BCUT2D eigenvalue weighted by atomic mass is 32.1. The Balaban J connectivity index is 1.87. The monoisotopic (exact) mass is 341 g/mol. The van der Waals surface area contributed by atoms with Crippen molar-refractivity contribution < 1.29 is 9.18 Å². The minimum absolute atomic E-state index is 0.0596. The molecular weight excluding hydrogens is 321 g/mol. The van der Waals surface area contributed by atoms with Crippen LogP contribution in [0.5, 0.6) is 0 Å². The highest BCUT2D eigenvalue weighted by Gasteiger charge is 2.35. The molecule has 0 saturated heterocycles. The molecule has 1 aliphatic rings. The first kappa shape index (κ1) is 16.9. The molecule has 24 heavy (non-hydrogen) atoms. The van der Waals surface area contributed by atoms with Gasteiger partial charge in [0.2, 0.25) is 0 Å². The molecule has 0 bridgehead atoms. The number of halogens is 1. The summed E-state index contributed by atoms with van der Waals surface area (Å²) in [6.45, 7) is 3.83. The molecular formula is C20H20FNOS. The van der Waals surface area contributed by atoms with E-state index >= 15 is 0 Å². The van der Waals surface area contributed by atoms with Crippen LogP contribution >= 0.6 is 11.3 Å². The van der Waals surface area contributed by atoms with Crippen molar-refractivity contribution >= 4 is 17.1 Å². The lowest BCUT2D eigenvalue weighted by Gasteiger charge is -2.35. The molecule has 0 spiro atoms. The minimum Gasteiger partial charge on any atom is -0.300 e. The fourth-order valence-corrected chi connectivity index (χ4v) is 4.63. The summed E-state index contributed by atoms with van der Waals surface area (Å²) in [6.07, 6.45) is 3.52. The van der Waals surface area contributed by atoms with Gasteiger partial charge in [0.15, 0.2) is 0 Å². The fourth-order valence-electron chi connectivity index (χ4n) is 3.60. The van der Waals surface area contributed by atoms with Crippen LogP contribution in [0.25, 0.3) is 11.1 Å². The maximum Gasteiger partial charge on any atom is 0.140 e. The molecule has 2 unspecified atom stereocenters. The third kappa shape index (κ3) is 3.14. The second kappa shape index (κ2) is 6.86. The molecule has 0 amide bonds. The Labute approximate surface area is 145 Å². The lowest BCUT2D eigenvalue weighted by Crippen LogP contribution is -2.31. The summed E-state index contributed by atoms with van der Waals surface area (Å²) < 4.78 is 13.5. The number of benzene rings is 1. The van der Waals surface area contributed by atoms with Crippen molar-refractivity contribution in [3.8, 4) is 17.2 Å². The van der Waals surface area contributed by atoms with Gasteiger partial charge in [-0.25, -0.2) is 4.39 Å². The number of hydrogen-bond donors (Lipinski definition) is 0. The first-order valence-corrected chi connectivity index (χ1v) is 9.18. The minimum atomic E-state index is -0.494. The van der Waals surface area contributed by atoms with Gasteiger partial charge in [0, 0.05) is 16.7 Å². The summed E-state index contributed by atoms with van der Waals surface area (Å²) >= 11 is 1.64. The van der Waals surface area contributed by atoms with E-state index in [1.807, 2.05) is 11.4 Å². The maximum atomic E-state index is 13.5. The van der Waals surface area contributed by atoms with Gasteiger partial charge in [0.25, 0.3) is 0 Å². The summed E-state index contributed by atoms with van der Waals surface area (Å²) in [7, 11) is 0. The second-order valence-corrected chi connectivity index (χ2v) is 7.60. The predicted octanol–water partition coefficient (Wildman–Crippen LogP) is 5.53. The van der Waals surface area contributed by atoms with Gasteiger partial charge >= 0.3 is 0 Å². The van der Waals surface area contributed by atoms with Crippen molar-refractivity contribution in [2.24, 2.45) is 11.8 Å². The van der Waals surface area contributed by atoms with Crippen LogP contribution < -0.4 is 0 Å². The summed E-state index contributed by atoms with van der Waals surface area (Å²) in [5.41, 5.74) is 1.88. The van der Waals surface area contributed by atoms with E-state index in [0.717, 1.165) is 24.0 Å². The second-order valence-electron chi connectivity index (χ2n) is 6.66. The Kier molecular flexibility index (Phi) is 4.82. The normalized spacial score (nSPS) is 16.9. The van der Waals surface area contributed by atoms with Gasteiger partial charge in [-0.2, -0.15) is 5.26 Å². The third-order valence-corrected chi connectivity index (χ3v) is 6.29. The van der Waals surface area contributed by atoms with E-state index in [1.165, 1.54) is 17.4 Å². The van der Waals surface area contributed by atoms with Crippen molar-refractivity contribution in [2.75, 3.05) is 0 Å². The Hall–Kier alpha value is -1.99. The van der Waals surface area contributed by atoms with Crippen molar-refractivity contribution in [2.45, 2.75) is 39.0 Å². The van der Waals surface area contributed by atoms with Crippen LogP contribution in [0.1, 0.15) is 49.5 Å². The van der Waals surface area contributed by atoms with Crippen LogP contribution in [0.3, 0.4) is 0 Å². The smallest absolute Gasteiger partial charge is 0.140 e. The number of rotatable bonds is 5. The number of carbonyl (C=O) groups excluding carboxylic acids is 1. The van der Waals surface area contributed by atoms with E-state index in [4.69, 9.17) is 5.26 Å². The zero-order valence-corrected chi connectivity index (χ0v) is 14.7. The Morgan fingerprint density at radius 3 is 2.67 bits per heavy atom. The predicted molar refractivity (Wildman–Crippen MR) is 94.4 cm³/mol. The molecule has 4 heteroatoms. The largest absolute Gasteiger partial charge is 0.300 e. The zero-order valence-electron chi connectivity index (χ0n) is 13.9. The molecule has 1 aromatic heterocycles. The molecule has 3 rings (SSSR count). The molecule has 2 nitrogen and oxygen atoms in total. The van der Waals surface area contributed by atoms with Crippen LogP contribution in [0.15, 0.2) is 29.6 Å². The van der Waals surface area contributed by atoms with Gasteiger partial charge in [0.1, 0.15) is 17.7 Å². The number of nitrogens with zero attached hydrogens (tertiary/aromatic N) is 1. The third-order valence-electron chi connectivity index (χ3n) is 5.15. The van der Waals surface area contributed by atoms with Gasteiger partial charge in [-0.15, -0.1) is 11.3 Å². The molecule has 0 radical (unpaired) electrons. The first-order valence-electron chi connectivity index (χ1n) is 8.30. The SMILES string of the molecule is CC(=O)C(C1CCC1)C(C)c1cc(-c2ccc(F)c(C#N)c2)cs1. The number of carbonyl (C=O) groups is 1. The Bertz CT molecular complexity index is 800. The van der Waals surface area contributed by atoms with E-state index in [9.17, 15) is 9.18 Å². The maximum absolute atomic E-state index is 13.5.